The lowest BCUT2D eigenvalue weighted by Gasteiger charge is -2.06. The van der Waals surface area contributed by atoms with Crippen molar-refractivity contribution in [3.8, 4) is 11.5 Å². The number of ether oxygens (including phenoxy) is 1. The zero-order valence-corrected chi connectivity index (χ0v) is 11.1. The Morgan fingerprint density at radius 3 is 2.00 bits per heavy atom. The lowest BCUT2D eigenvalue weighted by Crippen LogP contribution is -1.93. The fourth-order valence-corrected chi connectivity index (χ4v) is 1.80. The van der Waals surface area contributed by atoms with Gasteiger partial charge >= 0.3 is 0 Å². The Bertz CT molecular complexity index is 535. The number of carbonyl (C=O) groups excluding carboxylic acids is 1. The van der Waals surface area contributed by atoms with Crippen LogP contribution in [0.1, 0.15) is 5.56 Å². The minimum atomic E-state index is -0.152. The molecule has 0 bridgehead atoms. The average Bonchev–Trinajstić information content (AvgIpc) is 2.34. The molecule has 0 saturated carbocycles. The van der Waals surface area contributed by atoms with E-state index in [0.29, 0.717) is 17.2 Å². The van der Waals surface area contributed by atoms with Crippen molar-refractivity contribution in [2.75, 3.05) is 0 Å². The molecule has 4 heteroatoms. The van der Waals surface area contributed by atoms with Crippen LogP contribution in [0.3, 0.4) is 0 Å². The van der Waals surface area contributed by atoms with Gasteiger partial charge in [0, 0.05) is 11.4 Å². The molecule has 0 aromatic heterocycles. The van der Waals surface area contributed by atoms with Crippen molar-refractivity contribution in [3.05, 3.63) is 59.1 Å². The lowest BCUT2D eigenvalue weighted by molar-refractivity contribution is -0.110. The fourth-order valence-electron chi connectivity index (χ4n) is 1.49. The highest BCUT2D eigenvalue weighted by Crippen LogP contribution is 2.23. The Balaban J connectivity index is 2.06. The van der Waals surface area contributed by atoms with Gasteiger partial charge in [0.2, 0.25) is 0 Å². The van der Waals surface area contributed by atoms with Gasteiger partial charge in [-0.05, 0) is 42.0 Å². The summed E-state index contributed by atoms with van der Waals surface area (Å²) in [6.45, 7) is 0. The van der Waals surface area contributed by atoms with Gasteiger partial charge in [0.25, 0.3) is 0 Å². The molecule has 2 nitrogen and oxygen atoms in total. The van der Waals surface area contributed by atoms with Crippen LogP contribution >= 0.6 is 24.2 Å². The van der Waals surface area contributed by atoms with E-state index in [-0.39, 0.29) is 5.12 Å². The maximum atomic E-state index is 10.8. The number of hydrogen-bond acceptors (Lipinski definition) is 2. The standard InChI is InChI=1S/C14H11ClO2S/c15-11-3-7-13(8-4-11)17-12-5-1-10(2-6-12)9-14(16)18/h1-8H,9H2,(H,16,18). The van der Waals surface area contributed by atoms with Gasteiger partial charge in [-0.25, -0.2) is 0 Å². The van der Waals surface area contributed by atoms with Crippen LogP contribution in [0.5, 0.6) is 11.5 Å². The molecule has 0 saturated heterocycles. The van der Waals surface area contributed by atoms with Crippen LogP contribution in [0.15, 0.2) is 48.5 Å². The predicted molar refractivity (Wildman–Crippen MR) is 75.7 cm³/mol. The van der Waals surface area contributed by atoms with E-state index < -0.39 is 0 Å². The fraction of sp³-hybridized carbons (Fsp3) is 0.0714. The van der Waals surface area contributed by atoms with Crippen LogP contribution in [0.2, 0.25) is 5.02 Å². The van der Waals surface area contributed by atoms with Gasteiger partial charge in [-0.15, -0.1) is 12.6 Å². The van der Waals surface area contributed by atoms with E-state index in [0.717, 1.165) is 11.3 Å². The summed E-state index contributed by atoms with van der Waals surface area (Å²) in [6.07, 6.45) is 0.324. The van der Waals surface area contributed by atoms with Crippen LogP contribution in [0.4, 0.5) is 0 Å². The number of halogens is 1. The predicted octanol–water partition coefficient (Wildman–Crippen LogP) is 4.13. The highest BCUT2D eigenvalue weighted by atomic mass is 35.5. The van der Waals surface area contributed by atoms with E-state index in [1.54, 1.807) is 24.3 Å². The van der Waals surface area contributed by atoms with Crippen LogP contribution in [-0.2, 0) is 11.2 Å². The van der Waals surface area contributed by atoms with E-state index in [2.05, 4.69) is 12.6 Å². The van der Waals surface area contributed by atoms with Crippen molar-refractivity contribution >= 4 is 29.3 Å². The third kappa shape index (κ3) is 3.79. The molecule has 0 aliphatic rings. The first-order valence-corrected chi connectivity index (χ1v) is 6.20. The highest BCUT2D eigenvalue weighted by molar-refractivity contribution is 7.96. The smallest absolute Gasteiger partial charge is 0.190 e. The summed E-state index contributed by atoms with van der Waals surface area (Å²) in [5.74, 6) is 1.44. The number of benzene rings is 2. The number of hydrogen-bond donors (Lipinski definition) is 1. The zero-order chi connectivity index (χ0) is 13.0. The van der Waals surface area contributed by atoms with Crippen LogP contribution < -0.4 is 4.74 Å². The summed E-state index contributed by atoms with van der Waals surface area (Å²) in [4.78, 5) is 10.8. The Morgan fingerprint density at radius 1 is 1.00 bits per heavy atom. The number of thiol groups is 1. The molecule has 18 heavy (non-hydrogen) atoms. The summed E-state index contributed by atoms with van der Waals surface area (Å²) in [5, 5.41) is 0.520. The quantitative estimate of drug-likeness (QED) is 0.851. The minimum absolute atomic E-state index is 0.152. The SMILES string of the molecule is O=C(S)Cc1ccc(Oc2ccc(Cl)cc2)cc1. The molecule has 0 aliphatic heterocycles. The Labute approximate surface area is 116 Å². The van der Waals surface area contributed by atoms with Crippen molar-refractivity contribution in [1.29, 1.82) is 0 Å². The van der Waals surface area contributed by atoms with Crippen molar-refractivity contribution in [1.82, 2.24) is 0 Å². The monoisotopic (exact) mass is 278 g/mol. The Morgan fingerprint density at radius 2 is 1.50 bits per heavy atom. The Kier molecular flexibility index (Phi) is 4.28. The summed E-state index contributed by atoms with van der Waals surface area (Å²) in [6, 6.07) is 14.5. The average molecular weight is 279 g/mol. The second kappa shape index (κ2) is 5.94. The number of rotatable bonds is 4. The van der Waals surface area contributed by atoms with Gasteiger partial charge in [-0.2, -0.15) is 0 Å². The van der Waals surface area contributed by atoms with E-state index in [1.165, 1.54) is 0 Å². The van der Waals surface area contributed by atoms with Crippen molar-refractivity contribution in [2.24, 2.45) is 0 Å². The summed E-state index contributed by atoms with van der Waals surface area (Å²) >= 11 is 9.53. The van der Waals surface area contributed by atoms with Crippen LogP contribution in [0.25, 0.3) is 0 Å². The lowest BCUT2D eigenvalue weighted by atomic mass is 10.1. The van der Waals surface area contributed by atoms with Gasteiger partial charge in [0.05, 0.1) is 0 Å². The Hall–Kier alpha value is -1.45. The minimum Gasteiger partial charge on any atom is -0.457 e. The zero-order valence-electron chi connectivity index (χ0n) is 9.47. The van der Waals surface area contributed by atoms with Crippen molar-refractivity contribution < 1.29 is 9.53 Å². The van der Waals surface area contributed by atoms with Crippen molar-refractivity contribution in [2.45, 2.75) is 6.42 Å². The molecule has 0 amide bonds. The molecule has 0 heterocycles. The molecule has 0 atom stereocenters. The first kappa shape index (κ1) is 13.0. The van der Waals surface area contributed by atoms with Gasteiger partial charge in [-0.1, -0.05) is 23.7 Å². The first-order chi connectivity index (χ1) is 8.63. The third-order valence-electron chi connectivity index (χ3n) is 2.33. The normalized spacial score (nSPS) is 10.1. The summed E-state index contributed by atoms with van der Waals surface area (Å²) in [5.41, 5.74) is 0.915. The molecule has 0 radical (unpaired) electrons. The molecule has 0 aliphatic carbocycles. The molecule has 0 fully saturated rings. The second-order valence-electron chi connectivity index (χ2n) is 3.77. The summed E-state index contributed by atoms with van der Waals surface area (Å²) in [7, 11) is 0. The van der Waals surface area contributed by atoms with E-state index in [1.807, 2.05) is 24.3 Å². The molecular formula is C14H11ClO2S. The first-order valence-electron chi connectivity index (χ1n) is 5.37. The highest BCUT2D eigenvalue weighted by Gasteiger charge is 2.00. The maximum absolute atomic E-state index is 10.8. The molecule has 0 spiro atoms. The maximum Gasteiger partial charge on any atom is 0.190 e. The second-order valence-corrected chi connectivity index (χ2v) is 4.71. The molecule has 0 N–H and O–H groups in total. The van der Waals surface area contributed by atoms with Gasteiger partial charge in [-0.3, -0.25) is 4.79 Å². The largest absolute Gasteiger partial charge is 0.457 e. The molecule has 0 unspecified atom stereocenters. The molecule has 2 rings (SSSR count). The van der Waals surface area contributed by atoms with E-state index in [4.69, 9.17) is 16.3 Å². The summed E-state index contributed by atoms with van der Waals surface area (Å²) < 4.78 is 5.63. The van der Waals surface area contributed by atoms with E-state index in [9.17, 15) is 4.79 Å². The third-order valence-corrected chi connectivity index (χ3v) is 2.74. The molecule has 2 aromatic rings. The molecule has 2 aromatic carbocycles. The van der Waals surface area contributed by atoms with Crippen molar-refractivity contribution in [3.63, 3.8) is 0 Å². The topological polar surface area (TPSA) is 26.3 Å². The van der Waals surface area contributed by atoms with Gasteiger partial charge < -0.3 is 4.74 Å². The van der Waals surface area contributed by atoms with Crippen LogP contribution in [-0.4, -0.2) is 5.12 Å². The molecule has 92 valence electrons. The number of carbonyl (C=O) groups is 1. The van der Waals surface area contributed by atoms with Crippen LogP contribution in [0, 0.1) is 0 Å². The van der Waals surface area contributed by atoms with E-state index >= 15 is 0 Å². The molecular weight excluding hydrogens is 268 g/mol. The van der Waals surface area contributed by atoms with Gasteiger partial charge in [0.15, 0.2) is 5.12 Å². The van der Waals surface area contributed by atoms with Gasteiger partial charge in [0.1, 0.15) is 11.5 Å².